The molecule has 1 heterocycles. The summed E-state index contributed by atoms with van der Waals surface area (Å²) in [4.78, 5) is 15.3. The van der Waals surface area contributed by atoms with E-state index in [1.165, 1.54) is 6.07 Å². The van der Waals surface area contributed by atoms with Crippen LogP contribution in [0.4, 0.5) is 0 Å². The number of pyridine rings is 1. The molecule has 0 saturated heterocycles. The lowest BCUT2D eigenvalue weighted by atomic mass is 10.1. The van der Waals surface area contributed by atoms with Gasteiger partial charge in [-0.25, -0.2) is 8.42 Å². The summed E-state index contributed by atoms with van der Waals surface area (Å²) in [6.07, 6.45) is 2.68. The van der Waals surface area contributed by atoms with Crippen LogP contribution in [0.25, 0.3) is 10.9 Å². The third kappa shape index (κ3) is 3.83. The van der Waals surface area contributed by atoms with Crippen LogP contribution in [0.2, 0.25) is 0 Å². The van der Waals surface area contributed by atoms with Crippen molar-refractivity contribution in [2.45, 2.75) is 18.2 Å². The maximum Gasteiger partial charge on any atom is 0.307 e. The fraction of sp³-hybridized carbons (Fsp3) is 0.158. The van der Waals surface area contributed by atoms with Crippen molar-refractivity contribution in [2.24, 2.45) is 0 Å². The van der Waals surface area contributed by atoms with E-state index >= 15 is 0 Å². The van der Waals surface area contributed by atoms with Crippen molar-refractivity contribution in [3.63, 3.8) is 0 Å². The summed E-state index contributed by atoms with van der Waals surface area (Å²) in [5.41, 5.74) is 2.09. The molecule has 0 unspecified atom stereocenters. The second-order valence-corrected chi connectivity index (χ2v) is 8.05. The first-order chi connectivity index (χ1) is 12.2. The van der Waals surface area contributed by atoms with Crippen molar-refractivity contribution in [1.82, 2.24) is 4.98 Å². The summed E-state index contributed by atoms with van der Waals surface area (Å²) in [7, 11) is -3.35. The van der Waals surface area contributed by atoms with E-state index in [0.717, 1.165) is 11.8 Å². The topological polar surface area (TPSA) is 93.6 Å². The van der Waals surface area contributed by atoms with E-state index < -0.39 is 15.8 Å². The molecule has 0 aliphatic heterocycles. The summed E-state index contributed by atoms with van der Waals surface area (Å²) in [5.74, 6) is 0.150. The van der Waals surface area contributed by atoms with Crippen molar-refractivity contribution in [3.05, 3.63) is 59.8 Å². The second kappa shape index (κ2) is 6.76. The molecule has 1 N–H and O–H groups in total. The molecule has 1 aromatic heterocycles. The molecule has 26 heavy (non-hydrogen) atoms. The molecule has 0 saturated carbocycles. The van der Waals surface area contributed by atoms with Gasteiger partial charge in [0.2, 0.25) is 0 Å². The van der Waals surface area contributed by atoms with Crippen LogP contribution in [0.3, 0.4) is 0 Å². The molecule has 6 nitrogen and oxygen atoms in total. The highest BCUT2D eigenvalue weighted by atomic mass is 32.2. The molecule has 0 radical (unpaired) electrons. The van der Waals surface area contributed by atoms with E-state index in [-0.39, 0.29) is 11.3 Å². The maximum atomic E-state index is 11.8. The Morgan fingerprint density at radius 2 is 1.88 bits per heavy atom. The highest BCUT2D eigenvalue weighted by molar-refractivity contribution is 7.90. The van der Waals surface area contributed by atoms with Crippen LogP contribution in [0.1, 0.15) is 11.1 Å². The Morgan fingerprint density at radius 3 is 2.54 bits per heavy atom. The van der Waals surface area contributed by atoms with Gasteiger partial charge in [0.25, 0.3) is 0 Å². The predicted molar refractivity (Wildman–Crippen MR) is 97.4 cm³/mol. The number of nitrogens with zero attached hydrogens (tertiary/aromatic N) is 1. The Balaban J connectivity index is 2.02. The number of hydrogen-bond donors (Lipinski definition) is 1. The van der Waals surface area contributed by atoms with Gasteiger partial charge in [-0.05, 0) is 48.4 Å². The number of sulfone groups is 1. The van der Waals surface area contributed by atoms with Crippen molar-refractivity contribution < 1.29 is 23.1 Å². The first-order valence-corrected chi connectivity index (χ1v) is 9.71. The summed E-state index contributed by atoms with van der Waals surface area (Å²) < 4.78 is 29.6. The molecule has 2 aromatic carbocycles. The zero-order valence-electron chi connectivity index (χ0n) is 14.3. The minimum Gasteiger partial charge on any atom is -0.481 e. The standard InChI is InChI=1S/C19H17NO5S/c1-12-9-13(10-19(21)22)3-6-17(12)25-18-7-8-20-16-5-4-14(11-15(16)18)26(2,23)24/h3-9,11H,10H2,1-2H3,(H,21,22). The lowest BCUT2D eigenvalue weighted by molar-refractivity contribution is -0.136. The molecule has 7 heteroatoms. The molecule has 0 fully saturated rings. The van der Waals surface area contributed by atoms with Crippen molar-refractivity contribution >= 4 is 26.7 Å². The molecule has 0 amide bonds. The van der Waals surface area contributed by atoms with Gasteiger partial charge in [-0.2, -0.15) is 0 Å². The first kappa shape index (κ1) is 17.9. The third-order valence-corrected chi connectivity index (χ3v) is 5.03. The van der Waals surface area contributed by atoms with Crippen LogP contribution in [0.5, 0.6) is 11.5 Å². The zero-order chi connectivity index (χ0) is 18.9. The molecule has 0 atom stereocenters. The smallest absolute Gasteiger partial charge is 0.307 e. The average molecular weight is 371 g/mol. The molecular formula is C19H17NO5S. The Morgan fingerprint density at radius 1 is 1.12 bits per heavy atom. The predicted octanol–water partition coefficient (Wildman–Crippen LogP) is 3.37. The minimum atomic E-state index is -3.35. The quantitative estimate of drug-likeness (QED) is 0.739. The molecule has 0 aliphatic rings. The number of aliphatic carboxylic acids is 1. The van der Waals surface area contributed by atoms with Crippen molar-refractivity contribution in [3.8, 4) is 11.5 Å². The van der Waals surface area contributed by atoms with Gasteiger partial charge in [0, 0.05) is 17.8 Å². The number of rotatable bonds is 5. The van der Waals surface area contributed by atoms with Gasteiger partial charge in [0.15, 0.2) is 9.84 Å². The fourth-order valence-electron chi connectivity index (χ4n) is 2.65. The highest BCUT2D eigenvalue weighted by Gasteiger charge is 2.12. The molecule has 3 aromatic rings. The van der Waals surface area contributed by atoms with Gasteiger partial charge in [0.1, 0.15) is 11.5 Å². The second-order valence-electron chi connectivity index (χ2n) is 6.03. The molecule has 0 bridgehead atoms. The Bertz CT molecular complexity index is 1110. The Kier molecular flexibility index (Phi) is 4.65. The Labute approximate surface area is 151 Å². The minimum absolute atomic E-state index is 0.0585. The number of carboxylic acids is 1. The number of hydrogen-bond acceptors (Lipinski definition) is 5. The number of ether oxygens (including phenoxy) is 1. The van der Waals surface area contributed by atoms with Crippen molar-refractivity contribution in [2.75, 3.05) is 6.26 Å². The highest BCUT2D eigenvalue weighted by Crippen LogP contribution is 2.32. The largest absolute Gasteiger partial charge is 0.481 e. The fourth-order valence-corrected chi connectivity index (χ4v) is 3.30. The van der Waals surface area contributed by atoms with E-state index in [1.807, 2.05) is 6.92 Å². The van der Waals surface area contributed by atoms with Gasteiger partial charge in [-0.3, -0.25) is 9.78 Å². The van der Waals surface area contributed by atoms with Crippen LogP contribution in [-0.4, -0.2) is 30.7 Å². The average Bonchev–Trinajstić information content (AvgIpc) is 2.56. The van der Waals surface area contributed by atoms with Gasteiger partial charge < -0.3 is 9.84 Å². The number of benzene rings is 2. The summed E-state index contributed by atoms with van der Waals surface area (Å²) in [6.45, 7) is 1.83. The number of carbonyl (C=O) groups is 1. The van der Waals surface area contributed by atoms with Crippen LogP contribution in [-0.2, 0) is 21.1 Å². The van der Waals surface area contributed by atoms with E-state index in [2.05, 4.69) is 4.98 Å². The summed E-state index contributed by atoms with van der Waals surface area (Å²) in [5, 5.41) is 9.47. The molecule has 0 spiro atoms. The maximum absolute atomic E-state index is 11.8. The first-order valence-electron chi connectivity index (χ1n) is 7.82. The van der Waals surface area contributed by atoms with E-state index in [4.69, 9.17) is 9.84 Å². The monoisotopic (exact) mass is 371 g/mol. The van der Waals surface area contributed by atoms with Crippen LogP contribution in [0.15, 0.2) is 53.6 Å². The number of aryl methyl sites for hydroxylation is 1. The molecule has 0 aliphatic carbocycles. The van der Waals surface area contributed by atoms with E-state index in [0.29, 0.717) is 28.0 Å². The number of fused-ring (bicyclic) bond motifs is 1. The number of carboxylic acid groups (broad SMARTS) is 1. The zero-order valence-corrected chi connectivity index (χ0v) is 15.1. The Hall–Kier alpha value is -2.93. The summed E-state index contributed by atoms with van der Waals surface area (Å²) in [6, 6.07) is 11.5. The van der Waals surface area contributed by atoms with Crippen LogP contribution < -0.4 is 4.74 Å². The SMILES string of the molecule is Cc1cc(CC(=O)O)ccc1Oc1ccnc2ccc(S(C)(=O)=O)cc12. The van der Waals surface area contributed by atoms with E-state index in [1.54, 1.807) is 42.6 Å². The third-order valence-electron chi connectivity index (χ3n) is 3.92. The normalized spacial score (nSPS) is 11.5. The lowest BCUT2D eigenvalue weighted by Crippen LogP contribution is -2.00. The number of aromatic nitrogens is 1. The molecule has 3 rings (SSSR count). The molecule has 134 valence electrons. The van der Waals surface area contributed by atoms with Crippen LogP contribution in [0, 0.1) is 6.92 Å². The van der Waals surface area contributed by atoms with Gasteiger partial charge in [0.05, 0.1) is 16.8 Å². The van der Waals surface area contributed by atoms with Crippen LogP contribution >= 0.6 is 0 Å². The summed E-state index contributed by atoms with van der Waals surface area (Å²) >= 11 is 0. The van der Waals surface area contributed by atoms with Gasteiger partial charge >= 0.3 is 5.97 Å². The van der Waals surface area contributed by atoms with Gasteiger partial charge in [-0.1, -0.05) is 12.1 Å². The van der Waals surface area contributed by atoms with Crippen molar-refractivity contribution in [1.29, 1.82) is 0 Å². The lowest BCUT2D eigenvalue weighted by Gasteiger charge is -2.12. The molecular weight excluding hydrogens is 354 g/mol. The van der Waals surface area contributed by atoms with Gasteiger partial charge in [-0.15, -0.1) is 0 Å². The van der Waals surface area contributed by atoms with E-state index in [9.17, 15) is 13.2 Å².